The van der Waals surface area contributed by atoms with Gasteiger partial charge in [-0.05, 0) is 6.42 Å². The molecule has 0 saturated carbocycles. The molecule has 0 saturated heterocycles. The summed E-state index contributed by atoms with van der Waals surface area (Å²) in [5.74, 6) is 0.922. The Labute approximate surface area is 85.1 Å². The highest BCUT2D eigenvalue weighted by molar-refractivity contribution is 7.99. The molecule has 0 atom stereocenters. The quantitative estimate of drug-likeness (QED) is 0.528. The van der Waals surface area contributed by atoms with Crippen LogP contribution in [0.1, 0.15) is 12.5 Å². The van der Waals surface area contributed by atoms with Crippen LogP contribution in [0, 0.1) is 0 Å². The Morgan fingerprint density at radius 3 is 3.15 bits per heavy atom. The number of hydrogen-bond acceptors (Lipinski definition) is 3. The molecule has 1 aliphatic rings. The minimum absolute atomic E-state index is 0.0301. The Hall–Kier alpha value is -0.480. The van der Waals surface area contributed by atoms with Crippen LogP contribution in [0.2, 0.25) is 5.15 Å². The van der Waals surface area contributed by atoms with Crippen LogP contribution >= 0.6 is 23.4 Å². The molecule has 0 bridgehead atoms. The summed E-state index contributed by atoms with van der Waals surface area (Å²) >= 11 is 7.46. The summed E-state index contributed by atoms with van der Waals surface area (Å²) in [4.78, 5) is 15.9. The van der Waals surface area contributed by atoms with Gasteiger partial charge in [0, 0.05) is 12.3 Å². The van der Waals surface area contributed by atoms with Crippen molar-refractivity contribution in [3.63, 3.8) is 0 Å². The number of thioether (sulfide) groups is 1. The fourth-order valence-corrected chi connectivity index (χ4v) is 2.67. The molecule has 0 amide bonds. The highest BCUT2D eigenvalue weighted by Gasteiger charge is 2.18. The monoisotopic (exact) mass is 216 g/mol. The smallest absolute Gasteiger partial charge is 0.258 e. The fourth-order valence-electron chi connectivity index (χ4n) is 1.38. The van der Waals surface area contributed by atoms with Crippen molar-refractivity contribution in [3.05, 3.63) is 21.1 Å². The second kappa shape index (κ2) is 3.35. The van der Waals surface area contributed by atoms with Gasteiger partial charge >= 0.3 is 0 Å². The van der Waals surface area contributed by atoms with Crippen molar-refractivity contribution in [2.75, 3.05) is 5.75 Å². The SMILES string of the molecule is CCc1c(Cl)nc2n(c1=O)CCS2. The van der Waals surface area contributed by atoms with Gasteiger partial charge in [0.2, 0.25) is 0 Å². The number of aromatic nitrogens is 2. The molecule has 0 aliphatic carbocycles. The van der Waals surface area contributed by atoms with Gasteiger partial charge in [0.25, 0.3) is 5.56 Å². The van der Waals surface area contributed by atoms with Crippen LogP contribution in [-0.4, -0.2) is 15.3 Å². The standard InChI is InChI=1S/C8H9ClN2OS/c1-2-5-6(9)10-8-11(7(5)12)3-4-13-8/h2-4H2,1H3. The number of fused-ring (bicyclic) bond motifs is 1. The topological polar surface area (TPSA) is 34.9 Å². The van der Waals surface area contributed by atoms with Gasteiger partial charge in [0.15, 0.2) is 5.16 Å². The Morgan fingerprint density at radius 2 is 2.46 bits per heavy atom. The Balaban J connectivity index is 2.70. The van der Waals surface area contributed by atoms with E-state index in [2.05, 4.69) is 4.98 Å². The Kier molecular flexibility index (Phi) is 2.34. The molecule has 2 heterocycles. The van der Waals surface area contributed by atoms with Crippen molar-refractivity contribution in [3.8, 4) is 0 Å². The molecular weight excluding hydrogens is 208 g/mol. The van der Waals surface area contributed by atoms with Crippen LogP contribution in [0.3, 0.4) is 0 Å². The second-order valence-electron chi connectivity index (χ2n) is 2.82. The maximum atomic E-state index is 11.7. The Morgan fingerprint density at radius 1 is 1.69 bits per heavy atom. The largest absolute Gasteiger partial charge is 0.286 e. The summed E-state index contributed by atoms with van der Waals surface area (Å²) in [5, 5.41) is 1.13. The zero-order valence-corrected chi connectivity index (χ0v) is 8.78. The molecule has 13 heavy (non-hydrogen) atoms. The first-order chi connectivity index (χ1) is 6.24. The average molecular weight is 217 g/mol. The third kappa shape index (κ3) is 1.38. The fraction of sp³-hybridized carbons (Fsp3) is 0.500. The van der Waals surface area contributed by atoms with Gasteiger partial charge in [-0.3, -0.25) is 9.36 Å². The van der Waals surface area contributed by atoms with Crippen molar-refractivity contribution in [1.29, 1.82) is 0 Å². The minimum Gasteiger partial charge on any atom is -0.286 e. The van der Waals surface area contributed by atoms with Crippen LogP contribution in [0.25, 0.3) is 0 Å². The number of nitrogens with zero attached hydrogens (tertiary/aromatic N) is 2. The third-order valence-corrected chi connectivity index (χ3v) is 3.35. The third-order valence-electron chi connectivity index (χ3n) is 2.08. The molecule has 0 fully saturated rings. The lowest BCUT2D eigenvalue weighted by Gasteiger charge is -2.04. The summed E-state index contributed by atoms with van der Waals surface area (Å²) in [6.45, 7) is 2.68. The Bertz CT molecular complexity index is 395. The molecule has 0 N–H and O–H groups in total. The van der Waals surface area contributed by atoms with Crippen molar-refractivity contribution in [2.45, 2.75) is 25.0 Å². The van der Waals surface area contributed by atoms with E-state index in [-0.39, 0.29) is 5.56 Å². The van der Waals surface area contributed by atoms with E-state index < -0.39 is 0 Å². The molecule has 5 heteroatoms. The van der Waals surface area contributed by atoms with Crippen LogP contribution in [0.15, 0.2) is 9.95 Å². The second-order valence-corrected chi connectivity index (χ2v) is 4.24. The number of hydrogen-bond donors (Lipinski definition) is 0. The summed E-state index contributed by atoms with van der Waals surface area (Å²) < 4.78 is 1.70. The van der Waals surface area contributed by atoms with Gasteiger partial charge in [-0.25, -0.2) is 4.98 Å². The predicted octanol–water partition coefficient (Wildman–Crippen LogP) is 1.56. The molecule has 1 aromatic rings. The minimum atomic E-state index is 0.0301. The maximum Gasteiger partial charge on any atom is 0.258 e. The molecule has 1 aromatic heterocycles. The molecular formula is C8H9ClN2OS. The van der Waals surface area contributed by atoms with E-state index in [1.54, 1.807) is 16.3 Å². The predicted molar refractivity (Wildman–Crippen MR) is 53.6 cm³/mol. The van der Waals surface area contributed by atoms with E-state index in [0.717, 1.165) is 17.5 Å². The summed E-state index contributed by atoms with van der Waals surface area (Å²) in [6.07, 6.45) is 0.648. The first-order valence-electron chi connectivity index (χ1n) is 4.16. The van der Waals surface area contributed by atoms with Crippen molar-refractivity contribution < 1.29 is 0 Å². The lowest BCUT2D eigenvalue weighted by Crippen LogP contribution is -2.24. The van der Waals surface area contributed by atoms with Crippen LogP contribution in [0.4, 0.5) is 0 Å². The van der Waals surface area contributed by atoms with Gasteiger partial charge in [0.05, 0.1) is 5.56 Å². The summed E-state index contributed by atoms with van der Waals surface area (Å²) in [6, 6.07) is 0. The van der Waals surface area contributed by atoms with Gasteiger partial charge in [-0.2, -0.15) is 0 Å². The maximum absolute atomic E-state index is 11.7. The molecule has 1 aliphatic heterocycles. The van der Waals surface area contributed by atoms with E-state index in [4.69, 9.17) is 11.6 Å². The summed E-state index contributed by atoms with van der Waals surface area (Å²) in [7, 11) is 0. The van der Waals surface area contributed by atoms with Crippen molar-refractivity contribution >= 4 is 23.4 Å². The number of rotatable bonds is 1. The molecule has 0 radical (unpaired) electrons. The first kappa shape index (κ1) is 9.09. The van der Waals surface area contributed by atoms with E-state index in [0.29, 0.717) is 17.1 Å². The molecule has 0 aromatic carbocycles. The van der Waals surface area contributed by atoms with Gasteiger partial charge in [0.1, 0.15) is 5.15 Å². The van der Waals surface area contributed by atoms with Gasteiger partial charge < -0.3 is 0 Å². The molecule has 2 rings (SSSR count). The van der Waals surface area contributed by atoms with E-state index in [1.807, 2.05) is 6.92 Å². The molecule has 3 nitrogen and oxygen atoms in total. The van der Waals surface area contributed by atoms with Crippen LogP contribution in [0.5, 0.6) is 0 Å². The molecule has 0 spiro atoms. The number of halogens is 1. The van der Waals surface area contributed by atoms with E-state index >= 15 is 0 Å². The lowest BCUT2D eigenvalue weighted by atomic mass is 10.2. The average Bonchev–Trinajstić information content (AvgIpc) is 2.53. The van der Waals surface area contributed by atoms with Crippen molar-refractivity contribution in [2.24, 2.45) is 0 Å². The zero-order chi connectivity index (χ0) is 9.42. The van der Waals surface area contributed by atoms with Gasteiger partial charge in [-0.1, -0.05) is 30.3 Å². The highest BCUT2D eigenvalue weighted by atomic mass is 35.5. The first-order valence-corrected chi connectivity index (χ1v) is 5.52. The van der Waals surface area contributed by atoms with Gasteiger partial charge in [-0.15, -0.1) is 0 Å². The molecule has 70 valence electrons. The summed E-state index contributed by atoms with van der Waals surface area (Å²) in [5.41, 5.74) is 0.662. The normalized spacial score (nSPS) is 14.6. The highest BCUT2D eigenvalue weighted by Crippen LogP contribution is 2.23. The van der Waals surface area contributed by atoms with Crippen molar-refractivity contribution in [1.82, 2.24) is 9.55 Å². The zero-order valence-electron chi connectivity index (χ0n) is 7.21. The molecule has 0 unspecified atom stereocenters. The van der Waals surface area contributed by atoms with Crippen LogP contribution < -0.4 is 5.56 Å². The lowest BCUT2D eigenvalue weighted by molar-refractivity contribution is 0.644. The van der Waals surface area contributed by atoms with Crippen LogP contribution in [-0.2, 0) is 13.0 Å². The van der Waals surface area contributed by atoms with E-state index in [9.17, 15) is 4.79 Å². The van der Waals surface area contributed by atoms with E-state index in [1.165, 1.54) is 0 Å².